The van der Waals surface area contributed by atoms with E-state index in [0.717, 1.165) is 11.8 Å². The van der Waals surface area contributed by atoms with Crippen LogP contribution in [0.2, 0.25) is 0 Å². The third-order valence-corrected chi connectivity index (χ3v) is 3.82. The minimum Gasteiger partial charge on any atom is -0.324 e. The summed E-state index contributed by atoms with van der Waals surface area (Å²) in [6.45, 7) is 2.13. The van der Waals surface area contributed by atoms with Crippen LogP contribution >= 0.6 is 0 Å². The molecule has 0 bridgehead atoms. The summed E-state index contributed by atoms with van der Waals surface area (Å²) >= 11 is 0. The molecule has 0 fully saturated rings. The van der Waals surface area contributed by atoms with Gasteiger partial charge in [0.2, 0.25) is 0 Å². The van der Waals surface area contributed by atoms with Crippen LogP contribution in [0.5, 0.6) is 0 Å². The molecule has 100 valence electrons. The molecule has 2 nitrogen and oxygen atoms in total. The van der Waals surface area contributed by atoms with E-state index in [4.69, 9.17) is 5.73 Å². The Bertz CT molecular complexity index is 729. The van der Waals surface area contributed by atoms with Crippen LogP contribution in [0.25, 0.3) is 10.8 Å². The van der Waals surface area contributed by atoms with Crippen molar-refractivity contribution in [2.24, 2.45) is 5.73 Å². The average Bonchev–Trinajstić information content (AvgIpc) is 2.49. The van der Waals surface area contributed by atoms with Gasteiger partial charge >= 0.3 is 0 Å². The molecule has 0 aliphatic carbocycles. The van der Waals surface area contributed by atoms with Crippen LogP contribution in [-0.4, -0.2) is 4.98 Å². The molecule has 1 atom stereocenters. The number of fused-ring (bicyclic) bond motifs is 1. The second-order valence-electron chi connectivity index (χ2n) is 5.18. The number of benzene rings is 2. The highest BCUT2D eigenvalue weighted by Gasteiger charge is 2.11. The summed E-state index contributed by atoms with van der Waals surface area (Å²) in [5, 5.41) is 2.34. The van der Waals surface area contributed by atoms with E-state index in [1.807, 2.05) is 18.5 Å². The van der Waals surface area contributed by atoms with Crippen molar-refractivity contribution in [3.8, 4) is 0 Å². The zero-order valence-electron chi connectivity index (χ0n) is 11.6. The standard InChI is InChI=1S/C18H18N2/c1-13-5-2-3-6-15(13)11-18(19)16-8-4-7-14-9-10-20-12-17(14)16/h2-10,12,18H,11,19H2,1H3. The molecule has 1 aromatic heterocycles. The van der Waals surface area contributed by atoms with Crippen molar-refractivity contribution < 1.29 is 0 Å². The number of hydrogen-bond acceptors (Lipinski definition) is 2. The molecule has 3 rings (SSSR count). The quantitative estimate of drug-likeness (QED) is 0.780. The smallest absolute Gasteiger partial charge is 0.0349 e. The summed E-state index contributed by atoms with van der Waals surface area (Å²) in [6, 6.07) is 16.7. The molecule has 0 saturated carbocycles. The molecule has 0 aliphatic heterocycles. The second-order valence-corrected chi connectivity index (χ2v) is 5.18. The summed E-state index contributed by atoms with van der Waals surface area (Å²) in [5.74, 6) is 0. The first-order valence-corrected chi connectivity index (χ1v) is 6.88. The van der Waals surface area contributed by atoms with Gasteiger partial charge < -0.3 is 5.73 Å². The van der Waals surface area contributed by atoms with Gasteiger partial charge in [0.15, 0.2) is 0 Å². The van der Waals surface area contributed by atoms with E-state index in [1.165, 1.54) is 22.1 Å². The van der Waals surface area contributed by atoms with E-state index in [1.54, 1.807) is 0 Å². The summed E-state index contributed by atoms with van der Waals surface area (Å²) in [7, 11) is 0. The maximum Gasteiger partial charge on any atom is 0.0349 e. The minimum absolute atomic E-state index is 0.0102. The fourth-order valence-corrected chi connectivity index (χ4v) is 2.65. The van der Waals surface area contributed by atoms with Crippen molar-refractivity contribution in [1.29, 1.82) is 0 Å². The van der Waals surface area contributed by atoms with E-state index in [0.29, 0.717) is 0 Å². The maximum absolute atomic E-state index is 6.43. The second kappa shape index (κ2) is 5.43. The van der Waals surface area contributed by atoms with Gasteiger partial charge in [-0.3, -0.25) is 4.98 Å². The topological polar surface area (TPSA) is 38.9 Å². The lowest BCUT2D eigenvalue weighted by Crippen LogP contribution is -2.14. The van der Waals surface area contributed by atoms with E-state index in [9.17, 15) is 0 Å². The van der Waals surface area contributed by atoms with E-state index < -0.39 is 0 Å². The molecular weight excluding hydrogens is 244 g/mol. The zero-order valence-corrected chi connectivity index (χ0v) is 11.6. The molecule has 0 saturated heterocycles. The van der Waals surface area contributed by atoms with Gasteiger partial charge in [0.05, 0.1) is 0 Å². The van der Waals surface area contributed by atoms with Crippen LogP contribution in [0, 0.1) is 6.92 Å². The number of nitrogens with two attached hydrogens (primary N) is 1. The fourth-order valence-electron chi connectivity index (χ4n) is 2.65. The monoisotopic (exact) mass is 262 g/mol. The third-order valence-electron chi connectivity index (χ3n) is 3.82. The van der Waals surface area contributed by atoms with Gasteiger partial charge in [-0.15, -0.1) is 0 Å². The van der Waals surface area contributed by atoms with Crippen LogP contribution in [0.4, 0.5) is 0 Å². The highest BCUT2D eigenvalue weighted by Crippen LogP contribution is 2.25. The fraction of sp³-hybridized carbons (Fsp3) is 0.167. The first-order valence-electron chi connectivity index (χ1n) is 6.88. The van der Waals surface area contributed by atoms with Crippen LogP contribution in [0.3, 0.4) is 0 Å². The van der Waals surface area contributed by atoms with Gasteiger partial charge in [-0.2, -0.15) is 0 Å². The molecule has 1 heterocycles. The molecule has 0 amide bonds. The van der Waals surface area contributed by atoms with Crippen molar-refractivity contribution in [3.05, 3.63) is 77.6 Å². The molecule has 2 aromatic carbocycles. The lowest BCUT2D eigenvalue weighted by atomic mass is 9.94. The average molecular weight is 262 g/mol. The molecule has 2 N–H and O–H groups in total. The summed E-state index contributed by atoms with van der Waals surface area (Å²) in [4.78, 5) is 4.22. The number of pyridine rings is 1. The largest absolute Gasteiger partial charge is 0.324 e. The Morgan fingerprint density at radius 2 is 1.90 bits per heavy atom. The van der Waals surface area contributed by atoms with E-state index >= 15 is 0 Å². The van der Waals surface area contributed by atoms with Gasteiger partial charge in [0, 0.05) is 23.8 Å². The van der Waals surface area contributed by atoms with E-state index in [-0.39, 0.29) is 6.04 Å². The Morgan fingerprint density at radius 1 is 1.05 bits per heavy atom. The van der Waals surface area contributed by atoms with Gasteiger partial charge in [-0.25, -0.2) is 0 Å². The molecular formula is C18H18N2. The summed E-state index contributed by atoms with van der Waals surface area (Å²) in [6.07, 6.45) is 4.57. The molecule has 3 aromatic rings. The highest BCUT2D eigenvalue weighted by atomic mass is 14.6. The number of hydrogen-bond donors (Lipinski definition) is 1. The number of aromatic nitrogens is 1. The van der Waals surface area contributed by atoms with E-state index in [2.05, 4.69) is 54.4 Å². The lowest BCUT2D eigenvalue weighted by molar-refractivity contribution is 0.724. The Morgan fingerprint density at radius 3 is 2.75 bits per heavy atom. The third kappa shape index (κ3) is 2.43. The van der Waals surface area contributed by atoms with Crippen molar-refractivity contribution in [1.82, 2.24) is 4.98 Å². The van der Waals surface area contributed by atoms with Gasteiger partial charge in [-0.1, -0.05) is 42.5 Å². The van der Waals surface area contributed by atoms with Gasteiger partial charge in [0.1, 0.15) is 0 Å². The first-order chi connectivity index (χ1) is 9.75. The predicted molar refractivity (Wildman–Crippen MR) is 83.6 cm³/mol. The zero-order chi connectivity index (χ0) is 13.9. The number of aryl methyl sites for hydroxylation is 1. The predicted octanol–water partition coefficient (Wildman–Crippen LogP) is 3.79. The maximum atomic E-state index is 6.43. The molecule has 0 radical (unpaired) electrons. The van der Waals surface area contributed by atoms with Crippen LogP contribution in [0.1, 0.15) is 22.7 Å². The Kier molecular flexibility index (Phi) is 3.48. The molecule has 0 aliphatic rings. The van der Waals surface area contributed by atoms with Crippen LogP contribution in [-0.2, 0) is 6.42 Å². The van der Waals surface area contributed by atoms with Crippen LogP contribution < -0.4 is 5.73 Å². The SMILES string of the molecule is Cc1ccccc1CC(N)c1cccc2ccncc12. The van der Waals surface area contributed by atoms with Crippen molar-refractivity contribution in [2.75, 3.05) is 0 Å². The van der Waals surface area contributed by atoms with Crippen molar-refractivity contribution in [3.63, 3.8) is 0 Å². The summed E-state index contributed by atoms with van der Waals surface area (Å²) < 4.78 is 0. The van der Waals surface area contributed by atoms with Gasteiger partial charge in [0.25, 0.3) is 0 Å². The normalized spacial score (nSPS) is 12.5. The number of rotatable bonds is 3. The molecule has 20 heavy (non-hydrogen) atoms. The first kappa shape index (κ1) is 12.8. The Hall–Kier alpha value is -2.19. The Labute approximate surface area is 119 Å². The van der Waals surface area contributed by atoms with Gasteiger partial charge in [-0.05, 0) is 41.5 Å². The Balaban J connectivity index is 1.97. The molecule has 1 unspecified atom stereocenters. The van der Waals surface area contributed by atoms with Crippen molar-refractivity contribution in [2.45, 2.75) is 19.4 Å². The van der Waals surface area contributed by atoms with Crippen LogP contribution in [0.15, 0.2) is 60.9 Å². The van der Waals surface area contributed by atoms with Crippen molar-refractivity contribution >= 4 is 10.8 Å². The summed E-state index contributed by atoms with van der Waals surface area (Å²) in [5.41, 5.74) is 10.2. The molecule has 2 heteroatoms. The minimum atomic E-state index is -0.0102. The number of nitrogens with zero attached hydrogens (tertiary/aromatic N) is 1. The molecule has 0 spiro atoms. The lowest BCUT2D eigenvalue weighted by Gasteiger charge is -2.16. The highest BCUT2D eigenvalue weighted by molar-refractivity contribution is 5.85.